The standard InChI is InChI=1S/C17H27N3O3S/c1-4-6-7-9-13-10-12(8-5-2)14(16(21)20-17(18)19)11-15(13)24(3,22)23/h10-11H,4-9H2,1-3H3,(H4,18,19,20,21). The Morgan fingerprint density at radius 1 is 1.04 bits per heavy atom. The summed E-state index contributed by atoms with van der Waals surface area (Å²) < 4.78 is 24.3. The Labute approximate surface area is 144 Å². The molecule has 0 unspecified atom stereocenters. The van der Waals surface area contributed by atoms with E-state index in [0.717, 1.165) is 43.1 Å². The van der Waals surface area contributed by atoms with Crippen LogP contribution < -0.4 is 11.5 Å². The highest BCUT2D eigenvalue weighted by molar-refractivity contribution is 7.90. The van der Waals surface area contributed by atoms with Crippen LogP contribution in [0, 0.1) is 0 Å². The summed E-state index contributed by atoms with van der Waals surface area (Å²) >= 11 is 0. The minimum atomic E-state index is -3.45. The lowest BCUT2D eigenvalue weighted by atomic mass is 9.97. The van der Waals surface area contributed by atoms with Gasteiger partial charge in [-0.1, -0.05) is 39.2 Å². The van der Waals surface area contributed by atoms with Gasteiger partial charge in [-0.15, -0.1) is 0 Å². The highest BCUT2D eigenvalue weighted by Crippen LogP contribution is 2.25. The number of carbonyl (C=O) groups is 1. The summed E-state index contributed by atoms with van der Waals surface area (Å²) in [7, 11) is -3.45. The number of nitrogens with two attached hydrogens (primary N) is 2. The second-order valence-corrected chi connectivity index (χ2v) is 7.92. The van der Waals surface area contributed by atoms with Gasteiger partial charge in [-0.2, -0.15) is 4.99 Å². The van der Waals surface area contributed by atoms with Crippen LogP contribution in [0.1, 0.15) is 61.0 Å². The van der Waals surface area contributed by atoms with Crippen LogP contribution in [0.3, 0.4) is 0 Å². The van der Waals surface area contributed by atoms with Crippen molar-refractivity contribution in [1.82, 2.24) is 0 Å². The van der Waals surface area contributed by atoms with Gasteiger partial charge in [-0.05, 0) is 36.5 Å². The third kappa shape index (κ3) is 5.63. The molecule has 0 radical (unpaired) electrons. The number of aliphatic imine (C=N–C) groups is 1. The fraction of sp³-hybridized carbons (Fsp3) is 0.529. The summed E-state index contributed by atoms with van der Waals surface area (Å²) in [6.45, 7) is 4.09. The lowest BCUT2D eigenvalue weighted by molar-refractivity contribution is 0.100. The van der Waals surface area contributed by atoms with E-state index in [1.807, 2.05) is 13.0 Å². The molecule has 0 aliphatic carbocycles. The second kappa shape index (κ2) is 8.82. The van der Waals surface area contributed by atoms with E-state index in [0.29, 0.717) is 12.8 Å². The van der Waals surface area contributed by atoms with E-state index in [1.54, 1.807) is 0 Å². The zero-order valence-corrected chi connectivity index (χ0v) is 15.4. The summed E-state index contributed by atoms with van der Waals surface area (Å²) in [6, 6.07) is 3.25. The molecule has 1 amide bonds. The first kappa shape index (κ1) is 20.2. The number of carbonyl (C=O) groups excluding carboxylic acids is 1. The number of hydrogen-bond acceptors (Lipinski definition) is 3. The number of nitrogens with zero attached hydrogens (tertiary/aromatic N) is 1. The third-order valence-corrected chi connectivity index (χ3v) is 4.89. The second-order valence-electron chi connectivity index (χ2n) is 5.94. The summed E-state index contributed by atoms with van der Waals surface area (Å²) in [4.78, 5) is 16.0. The summed E-state index contributed by atoms with van der Waals surface area (Å²) in [6.07, 6.45) is 6.30. The van der Waals surface area contributed by atoms with Gasteiger partial charge in [-0.3, -0.25) is 4.79 Å². The number of hydrogen-bond donors (Lipinski definition) is 2. The maximum atomic E-state index is 12.3. The molecule has 0 fully saturated rings. The maximum absolute atomic E-state index is 12.3. The van der Waals surface area contributed by atoms with Crippen molar-refractivity contribution in [3.05, 3.63) is 28.8 Å². The van der Waals surface area contributed by atoms with Gasteiger partial charge in [-0.25, -0.2) is 8.42 Å². The molecule has 6 nitrogen and oxygen atoms in total. The van der Waals surface area contributed by atoms with Crippen molar-refractivity contribution in [2.75, 3.05) is 6.26 Å². The summed E-state index contributed by atoms with van der Waals surface area (Å²) in [5.41, 5.74) is 12.4. The molecule has 0 bridgehead atoms. The molecule has 24 heavy (non-hydrogen) atoms. The Morgan fingerprint density at radius 3 is 2.21 bits per heavy atom. The number of sulfone groups is 1. The van der Waals surface area contributed by atoms with Crippen LogP contribution in [0.25, 0.3) is 0 Å². The van der Waals surface area contributed by atoms with Gasteiger partial charge < -0.3 is 11.5 Å². The molecule has 0 aliphatic rings. The lowest BCUT2D eigenvalue weighted by Crippen LogP contribution is -2.24. The normalized spacial score (nSPS) is 11.3. The SMILES string of the molecule is CCCCCc1cc(CCC)c(C(=O)N=C(N)N)cc1S(C)(=O)=O. The number of rotatable bonds is 8. The predicted octanol–water partition coefficient (Wildman–Crippen LogP) is 2.19. The highest BCUT2D eigenvalue weighted by atomic mass is 32.2. The molecule has 0 aliphatic heterocycles. The first-order valence-electron chi connectivity index (χ1n) is 8.20. The molecule has 1 aromatic rings. The van der Waals surface area contributed by atoms with Gasteiger partial charge in [0.05, 0.1) is 4.90 Å². The largest absolute Gasteiger partial charge is 0.370 e. The van der Waals surface area contributed by atoms with Gasteiger partial charge >= 0.3 is 0 Å². The Morgan fingerprint density at radius 2 is 1.71 bits per heavy atom. The van der Waals surface area contributed by atoms with Gasteiger partial charge in [0.25, 0.3) is 5.91 Å². The lowest BCUT2D eigenvalue weighted by Gasteiger charge is -2.14. The monoisotopic (exact) mass is 353 g/mol. The zero-order valence-electron chi connectivity index (χ0n) is 14.6. The van der Waals surface area contributed by atoms with Crippen LogP contribution in [0.5, 0.6) is 0 Å². The Hall–Kier alpha value is -1.89. The quantitative estimate of drug-likeness (QED) is 0.422. The van der Waals surface area contributed by atoms with Crippen LogP contribution >= 0.6 is 0 Å². The van der Waals surface area contributed by atoms with Crippen molar-refractivity contribution < 1.29 is 13.2 Å². The Balaban J connectivity index is 3.48. The number of unbranched alkanes of at least 4 members (excludes halogenated alkanes) is 2. The van der Waals surface area contributed by atoms with E-state index in [2.05, 4.69) is 11.9 Å². The number of guanidine groups is 1. The fourth-order valence-corrected chi connectivity index (χ4v) is 3.60. The van der Waals surface area contributed by atoms with Crippen molar-refractivity contribution >= 4 is 21.7 Å². The highest BCUT2D eigenvalue weighted by Gasteiger charge is 2.20. The molecule has 0 saturated carbocycles. The molecular formula is C17H27N3O3S. The van der Waals surface area contributed by atoms with Gasteiger partial charge in [0, 0.05) is 11.8 Å². The smallest absolute Gasteiger partial charge is 0.280 e. The molecule has 0 aromatic heterocycles. The van der Waals surface area contributed by atoms with Crippen LogP contribution in [0.2, 0.25) is 0 Å². The Bertz CT molecular complexity index is 721. The summed E-state index contributed by atoms with van der Waals surface area (Å²) in [5.74, 6) is -0.946. The fourth-order valence-electron chi connectivity index (χ4n) is 2.63. The van der Waals surface area contributed by atoms with Crippen molar-refractivity contribution in [2.24, 2.45) is 16.5 Å². The molecule has 0 heterocycles. The minimum Gasteiger partial charge on any atom is -0.370 e. The van der Waals surface area contributed by atoms with Crippen molar-refractivity contribution in [1.29, 1.82) is 0 Å². The average Bonchev–Trinajstić information content (AvgIpc) is 2.46. The first-order chi connectivity index (χ1) is 11.2. The number of benzene rings is 1. The molecule has 1 rings (SSSR count). The average molecular weight is 353 g/mol. The van der Waals surface area contributed by atoms with Crippen LogP contribution in [0.15, 0.2) is 22.0 Å². The van der Waals surface area contributed by atoms with Crippen LogP contribution in [-0.2, 0) is 22.7 Å². The minimum absolute atomic E-state index is 0.188. The molecule has 0 spiro atoms. The van der Waals surface area contributed by atoms with Gasteiger partial charge in [0.15, 0.2) is 15.8 Å². The van der Waals surface area contributed by atoms with Crippen molar-refractivity contribution in [3.63, 3.8) is 0 Å². The van der Waals surface area contributed by atoms with Crippen molar-refractivity contribution in [2.45, 2.75) is 57.3 Å². The van der Waals surface area contributed by atoms with E-state index in [1.165, 1.54) is 6.07 Å². The molecular weight excluding hydrogens is 326 g/mol. The van der Waals surface area contributed by atoms with Crippen LogP contribution in [-0.4, -0.2) is 26.5 Å². The molecule has 4 N–H and O–H groups in total. The Kier molecular flexibility index (Phi) is 7.41. The molecule has 7 heteroatoms. The predicted molar refractivity (Wildman–Crippen MR) is 96.9 cm³/mol. The number of amides is 1. The third-order valence-electron chi connectivity index (χ3n) is 3.72. The van der Waals surface area contributed by atoms with E-state index in [4.69, 9.17) is 11.5 Å². The van der Waals surface area contributed by atoms with E-state index in [9.17, 15) is 13.2 Å². The topological polar surface area (TPSA) is 116 Å². The number of aryl methyl sites for hydroxylation is 2. The van der Waals surface area contributed by atoms with E-state index in [-0.39, 0.29) is 16.4 Å². The summed E-state index contributed by atoms with van der Waals surface area (Å²) in [5, 5.41) is 0. The molecule has 134 valence electrons. The first-order valence-corrected chi connectivity index (χ1v) is 10.1. The van der Waals surface area contributed by atoms with E-state index >= 15 is 0 Å². The van der Waals surface area contributed by atoms with Crippen molar-refractivity contribution in [3.8, 4) is 0 Å². The molecule has 0 saturated heterocycles. The zero-order chi connectivity index (χ0) is 18.3. The molecule has 0 atom stereocenters. The van der Waals surface area contributed by atoms with E-state index < -0.39 is 15.7 Å². The molecule has 1 aromatic carbocycles. The van der Waals surface area contributed by atoms with Crippen LogP contribution in [0.4, 0.5) is 0 Å². The van der Waals surface area contributed by atoms with Gasteiger partial charge in [0.2, 0.25) is 0 Å². The maximum Gasteiger partial charge on any atom is 0.280 e. The van der Waals surface area contributed by atoms with Gasteiger partial charge in [0.1, 0.15) is 0 Å².